The molecule has 1 aliphatic rings. The molecule has 0 amide bonds. The largest absolute Gasteiger partial charge is 0.368 e. The molecule has 174 valence electrons. The molecule has 1 unspecified atom stereocenters. The molecule has 0 aliphatic carbocycles. The maximum atomic E-state index is 13.2. The Balaban J connectivity index is 1.47. The van der Waals surface area contributed by atoms with E-state index in [-0.39, 0.29) is 17.3 Å². The molecule has 2 N–H and O–H groups in total. The number of aryl methyl sites for hydroxylation is 1. The molecule has 10 heteroatoms. The molecule has 0 radical (unpaired) electrons. The molecule has 9 nitrogen and oxygen atoms in total. The Bertz CT molecular complexity index is 1480. The van der Waals surface area contributed by atoms with Crippen LogP contribution in [0.3, 0.4) is 0 Å². The van der Waals surface area contributed by atoms with Gasteiger partial charge in [-0.3, -0.25) is 14.2 Å². The third-order valence-corrected chi connectivity index (χ3v) is 6.73. The minimum atomic E-state index is -0.215. The van der Waals surface area contributed by atoms with Crippen molar-refractivity contribution in [2.75, 3.05) is 23.7 Å². The minimum absolute atomic E-state index is 0.0917. The van der Waals surface area contributed by atoms with E-state index >= 15 is 0 Å². The number of hydrogen-bond acceptors (Lipinski definition) is 7. The van der Waals surface area contributed by atoms with Crippen molar-refractivity contribution in [3.8, 4) is 5.69 Å². The fourth-order valence-electron chi connectivity index (χ4n) is 4.67. The van der Waals surface area contributed by atoms with Crippen molar-refractivity contribution in [3.05, 3.63) is 75.1 Å². The van der Waals surface area contributed by atoms with Crippen molar-refractivity contribution in [1.29, 1.82) is 0 Å². The Labute approximate surface area is 200 Å². The Morgan fingerprint density at radius 2 is 2.12 bits per heavy atom. The van der Waals surface area contributed by atoms with Gasteiger partial charge in [-0.25, -0.2) is 9.50 Å². The van der Waals surface area contributed by atoms with Gasteiger partial charge in [0.15, 0.2) is 5.78 Å². The summed E-state index contributed by atoms with van der Waals surface area (Å²) in [4.78, 5) is 35.7. The van der Waals surface area contributed by atoms with Crippen LogP contribution in [-0.2, 0) is 6.42 Å². The van der Waals surface area contributed by atoms with E-state index in [4.69, 9.17) is 17.3 Å². The number of Topliss-reactive ketones (excluding diaryl/α,β-unsaturated/α-hetero) is 1. The monoisotopic (exact) mass is 477 g/mol. The lowest BCUT2D eigenvalue weighted by molar-refractivity contribution is 0.101. The molecule has 0 bridgehead atoms. The van der Waals surface area contributed by atoms with Crippen molar-refractivity contribution < 1.29 is 4.79 Å². The van der Waals surface area contributed by atoms with E-state index in [0.29, 0.717) is 27.8 Å². The summed E-state index contributed by atoms with van der Waals surface area (Å²) in [6.07, 6.45) is 6.39. The predicted octanol–water partition coefficient (Wildman–Crippen LogP) is 3.09. The van der Waals surface area contributed by atoms with Gasteiger partial charge in [-0.15, -0.1) is 0 Å². The number of fused-ring (bicyclic) bond motifs is 1. The van der Waals surface area contributed by atoms with Gasteiger partial charge in [0, 0.05) is 25.5 Å². The maximum Gasteiger partial charge on any atom is 0.283 e. The first-order valence-electron chi connectivity index (χ1n) is 11.0. The standard InChI is InChI=1S/C24H24ClN7O2/c1-14-4-3-5-20(31-13-28-32-9-7-19(25)21(32)23(31)34)17(14)10-16-6-8-30(12-16)22-18(15(2)33)11-27-24(26)29-22/h3-5,7,9,11,13,16H,6,8,10,12H2,1-2H3,(H2,26,27,29). The molecule has 34 heavy (non-hydrogen) atoms. The number of carbonyl (C=O) groups is 1. The van der Waals surface area contributed by atoms with E-state index in [1.54, 1.807) is 16.8 Å². The van der Waals surface area contributed by atoms with Gasteiger partial charge in [-0.05, 0) is 55.9 Å². The molecule has 3 aromatic heterocycles. The molecule has 1 fully saturated rings. The van der Waals surface area contributed by atoms with Crippen LogP contribution >= 0.6 is 11.6 Å². The normalized spacial score (nSPS) is 15.9. The third-order valence-electron chi connectivity index (χ3n) is 6.42. The molecule has 5 rings (SSSR count). The van der Waals surface area contributed by atoms with E-state index in [1.807, 2.05) is 25.1 Å². The minimum Gasteiger partial charge on any atom is -0.368 e. The molecular formula is C24H24ClN7O2. The first kappa shape index (κ1) is 22.1. The van der Waals surface area contributed by atoms with Crippen LogP contribution < -0.4 is 16.2 Å². The van der Waals surface area contributed by atoms with Gasteiger partial charge >= 0.3 is 0 Å². The number of ketones is 1. The van der Waals surface area contributed by atoms with Gasteiger partial charge in [-0.1, -0.05) is 23.7 Å². The van der Waals surface area contributed by atoms with Crippen LogP contribution in [0.4, 0.5) is 11.8 Å². The summed E-state index contributed by atoms with van der Waals surface area (Å²) in [5, 5.41) is 4.73. The van der Waals surface area contributed by atoms with Gasteiger partial charge in [-0.2, -0.15) is 10.1 Å². The Morgan fingerprint density at radius 3 is 2.91 bits per heavy atom. The summed E-state index contributed by atoms with van der Waals surface area (Å²) in [6, 6.07) is 7.58. The van der Waals surface area contributed by atoms with Crippen LogP contribution in [-0.4, -0.2) is 43.0 Å². The second-order valence-corrected chi connectivity index (χ2v) is 9.07. The molecule has 4 aromatic rings. The number of anilines is 2. The zero-order valence-electron chi connectivity index (χ0n) is 18.9. The summed E-state index contributed by atoms with van der Waals surface area (Å²) in [5.41, 5.74) is 9.39. The molecule has 0 spiro atoms. The van der Waals surface area contributed by atoms with Crippen molar-refractivity contribution in [2.45, 2.75) is 26.7 Å². The smallest absolute Gasteiger partial charge is 0.283 e. The van der Waals surface area contributed by atoms with Gasteiger partial charge in [0.25, 0.3) is 5.56 Å². The van der Waals surface area contributed by atoms with Crippen LogP contribution in [0.1, 0.15) is 34.8 Å². The van der Waals surface area contributed by atoms with Gasteiger partial charge in [0.05, 0.1) is 16.3 Å². The van der Waals surface area contributed by atoms with E-state index in [1.165, 1.54) is 24.0 Å². The highest BCUT2D eigenvalue weighted by molar-refractivity contribution is 6.33. The lowest BCUT2D eigenvalue weighted by atomic mass is 9.94. The Hall–Kier alpha value is -3.72. The fraction of sp³-hybridized carbons (Fsp3) is 0.292. The lowest BCUT2D eigenvalue weighted by Gasteiger charge is -2.21. The van der Waals surface area contributed by atoms with Crippen molar-refractivity contribution in [1.82, 2.24) is 24.1 Å². The average molecular weight is 478 g/mol. The quantitative estimate of drug-likeness (QED) is 0.439. The summed E-state index contributed by atoms with van der Waals surface area (Å²) in [7, 11) is 0. The fourth-order valence-corrected chi connectivity index (χ4v) is 4.90. The van der Waals surface area contributed by atoms with E-state index in [9.17, 15) is 9.59 Å². The van der Waals surface area contributed by atoms with Gasteiger partial charge in [0.2, 0.25) is 5.95 Å². The predicted molar refractivity (Wildman–Crippen MR) is 131 cm³/mol. The molecule has 0 saturated carbocycles. The average Bonchev–Trinajstić information content (AvgIpc) is 3.42. The summed E-state index contributed by atoms with van der Waals surface area (Å²) in [6.45, 7) is 5.04. The van der Waals surface area contributed by atoms with Crippen LogP contribution in [0.5, 0.6) is 0 Å². The number of rotatable bonds is 5. The number of halogens is 1. The highest BCUT2D eigenvalue weighted by Crippen LogP contribution is 2.30. The van der Waals surface area contributed by atoms with Crippen LogP contribution in [0, 0.1) is 12.8 Å². The van der Waals surface area contributed by atoms with Crippen LogP contribution in [0.25, 0.3) is 11.2 Å². The topological polar surface area (TPSA) is 111 Å². The van der Waals surface area contributed by atoms with Crippen molar-refractivity contribution in [2.24, 2.45) is 5.92 Å². The highest BCUT2D eigenvalue weighted by Gasteiger charge is 2.28. The van der Waals surface area contributed by atoms with Crippen LogP contribution in [0.15, 0.2) is 47.8 Å². The zero-order chi connectivity index (χ0) is 24.0. The first-order valence-corrected chi connectivity index (χ1v) is 11.4. The number of nitrogens with zero attached hydrogens (tertiary/aromatic N) is 6. The summed E-state index contributed by atoms with van der Waals surface area (Å²) >= 11 is 6.24. The van der Waals surface area contributed by atoms with E-state index in [2.05, 4.69) is 20.0 Å². The van der Waals surface area contributed by atoms with Crippen molar-refractivity contribution >= 4 is 34.7 Å². The lowest BCUT2D eigenvalue weighted by Crippen LogP contribution is -2.25. The number of hydrogen-bond donors (Lipinski definition) is 1. The van der Waals surface area contributed by atoms with E-state index < -0.39 is 0 Å². The van der Waals surface area contributed by atoms with E-state index in [0.717, 1.165) is 42.7 Å². The Morgan fingerprint density at radius 1 is 1.29 bits per heavy atom. The van der Waals surface area contributed by atoms with Gasteiger partial charge < -0.3 is 10.6 Å². The SMILES string of the molecule is CC(=O)c1cnc(N)nc1N1CCC(Cc2c(C)cccc2-n2cnn3ccc(Cl)c3c2=O)C1. The number of nitrogen functional groups attached to an aromatic ring is 1. The van der Waals surface area contributed by atoms with Crippen LogP contribution in [0.2, 0.25) is 5.02 Å². The number of aromatic nitrogens is 5. The number of benzene rings is 1. The highest BCUT2D eigenvalue weighted by atomic mass is 35.5. The molecule has 1 aliphatic heterocycles. The Kier molecular flexibility index (Phi) is 5.57. The zero-order valence-corrected chi connectivity index (χ0v) is 19.7. The first-order chi connectivity index (χ1) is 16.3. The molecule has 1 aromatic carbocycles. The number of carbonyl (C=O) groups excluding carboxylic acids is 1. The molecular weight excluding hydrogens is 454 g/mol. The molecule has 1 atom stereocenters. The third kappa shape index (κ3) is 3.81. The molecule has 4 heterocycles. The second-order valence-electron chi connectivity index (χ2n) is 8.66. The van der Waals surface area contributed by atoms with Gasteiger partial charge in [0.1, 0.15) is 17.7 Å². The van der Waals surface area contributed by atoms with Crippen molar-refractivity contribution in [3.63, 3.8) is 0 Å². The second kappa shape index (κ2) is 8.57. The maximum absolute atomic E-state index is 13.2. The molecule has 1 saturated heterocycles. The summed E-state index contributed by atoms with van der Waals surface area (Å²) in [5.74, 6) is 0.947. The number of nitrogens with two attached hydrogens (primary N) is 1. The summed E-state index contributed by atoms with van der Waals surface area (Å²) < 4.78 is 3.06.